The first-order chi connectivity index (χ1) is 9.17. The second kappa shape index (κ2) is 4.68. The molecule has 0 N–H and O–H groups in total. The van der Waals surface area contributed by atoms with Crippen molar-refractivity contribution in [1.82, 2.24) is 0 Å². The Bertz CT molecular complexity index is 608. The maximum atomic E-state index is 11.5. The van der Waals surface area contributed by atoms with Gasteiger partial charge >= 0.3 is 5.63 Å². The number of nitrogens with zero attached hydrogens (tertiary/aromatic N) is 1. The van der Waals surface area contributed by atoms with Gasteiger partial charge in [-0.3, -0.25) is 0 Å². The van der Waals surface area contributed by atoms with Crippen LogP contribution in [0.5, 0.6) is 0 Å². The van der Waals surface area contributed by atoms with Crippen LogP contribution in [0.15, 0.2) is 32.5 Å². The summed E-state index contributed by atoms with van der Waals surface area (Å²) < 4.78 is 11.1. The summed E-state index contributed by atoms with van der Waals surface area (Å²) in [6, 6.07) is 1.53. The molecule has 1 aromatic rings. The van der Waals surface area contributed by atoms with Crippen molar-refractivity contribution < 1.29 is 9.15 Å². The molecule has 1 fully saturated rings. The molecular weight excluding hydrogens is 242 g/mol. The number of ether oxygens (including phenoxy) is 1. The number of hydrogen-bond acceptors (Lipinski definition) is 4. The van der Waals surface area contributed by atoms with Gasteiger partial charge in [-0.2, -0.15) is 0 Å². The van der Waals surface area contributed by atoms with Gasteiger partial charge in [-0.05, 0) is 30.7 Å². The van der Waals surface area contributed by atoms with Gasteiger partial charge in [0, 0.05) is 18.2 Å². The minimum atomic E-state index is -0.313. The van der Waals surface area contributed by atoms with Gasteiger partial charge in [-0.1, -0.05) is 13.5 Å². The highest BCUT2D eigenvalue weighted by Crippen LogP contribution is 2.30. The fraction of sp³-hybridized carbons (Fsp3) is 0.467. The average molecular weight is 259 g/mol. The summed E-state index contributed by atoms with van der Waals surface area (Å²) >= 11 is 0. The standard InChI is InChI=1S/C15H17NO3/c1-3-11-7-13(17)19-12-6-9(2)16-15(14(11)12)18-8-10-4-5-10/h7,10H,2-6,8H2,1H3. The summed E-state index contributed by atoms with van der Waals surface area (Å²) in [6.45, 7) is 6.56. The molecule has 0 amide bonds. The first-order valence-corrected chi connectivity index (χ1v) is 6.73. The second-order valence-corrected chi connectivity index (χ2v) is 5.16. The Labute approximate surface area is 111 Å². The number of rotatable bonds is 3. The van der Waals surface area contributed by atoms with Crippen LogP contribution in [0, 0.1) is 5.92 Å². The quantitative estimate of drug-likeness (QED) is 0.837. The van der Waals surface area contributed by atoms with Gasteiger partial charge < -0.3 is 9.15 Å². The van der Waals surface area contributed by atoms with Crippen LogP contribution in [-0.2, 0) is 17.6 Å². The SMILES string of the molecule is C=C1Cc2oc(=O)cc(CC)c2C(OCC2CC2)=N1. The zero-order valence-corrected chi connectivity index (χ0v) is 11.1. The molecule has 2 aliphatic rings. The molecule has 1 aliphatic carbocycles. The molecule has 2 heterocycles. The van der Waals surface area contributed by atoms with E-state index >= 15 is 0 Å². The van der Waals surface area contributed by atoms with Gasteiger partial charge in [0.1, 0.15) is 5.76 Å². The Hall–Kier alpha value is -1.84. The van der Waals surface area contributed by atoms with Gasteiger partial charge in [0.25, 0.3) is 0 Å². The van der Waals surface area contributed by atoms with Crippen LogP contribution in [0.4, 0.5) is 0 Å². The van der Waals surface area contributed by atoms with E-state index in [1.54, 1.807) is 0 Å². The summed E-state index contributed by atoms with van der Waals surface area (Å²) in [5, 5.41) is 0. The summed E-state index contributed by atoms with van der Waals surface area (Å²) in [5.74, 6) is 1.86. The lowest BCUT2D eigenvalue weighted by Crippen LogP contribution is -2.21. The van der Waals surface area contributed by atoms with Crippen molar-refractivity contribution in [1.29, 1.82) is 0 Å². The second-order valence-electron chi connectivity index (χ2n) is 5.16. The Morgan fingerprint density at radius 1 is 1.53 bits per heavy atom. The van der Waals surface area contributed by atoms with Crippen molar-refractivity contribution in [2.45, 2.75) is 32.6 Å². The molecule has 1 aliphatic heterocycles. The topological polar surface area (TPSA) is 51.8 Å². The molecule has 0 radical (unpaired) electrons. The van der Waals surface area contributed by atoms with Gasteiger partial charge in [-0.25, -0.2) is 9.79 Å². The number of allylic oxidation sites excluding steroid dienone is 1. The van der Waals surface area contributed by atoms with E-state index in [0.29, 0.717) is 36.3 Å². The lowest BCUT2D eigenvalue weighted by atomic mass is 10.0. The Morgan fingerprint density at radius 3 is 3.00 bits per heavy atom. The molecule has 0 spiro atoms. The van der Waals surface area contributed by atoms with Gasteiger partial charge in [0.15, 0.2) is 0 Å². The molecule has 0 bridgehead atoms. The highest BCUT2D eigenvalue weighted by Gasteiger charge is 2.27. The number of aryl methyl sites for hydroxylation is 1. The van der Waals surface area contributed by atoms with Crippen molar-refractivity contribution in [3.63, 3.8) is 0 Å². The first kappa shape index (κ1) is 12.2. The van der Waals surface area contributed by atoms with Gasteiger partial charge in [0.2, 0.25) is 5.90 Å². The highest BCUT2D eigenvalue weighted by atomic mass is 16.5. The van der Waals surface area contributed by atoms with E-state index in [2.05, 4.69) is 11.6 Å². The fourth-order valence-electron chi connectivity index (χ4n) is 2.27. The monoisotopic (exact) mass is 259 g/mol. The van der Waals surface area contributed by atoms with Crippen molar-refractivity contribution >= 4 is 5.90 Å². The Kier molecular flexibility index (Phi) is 3.01. The Balaban J connectivity index is 2.00. The molecule has 0 atom stereocenters. The molecule has 0 saturated heterocycles. The summed E-state index contributed by atoms with van der Waals surface area (Å²) in [5.41, 5.74) is 2.16. The van der Waals surface area contributed by atoms with Crippen LogP contribution in [0.2, 0.25) is 0 Å². The highest BCUT2D eigenvalue weighted by molar-refractivity contribution is 5.98. The zero-order valence-electron chi connectivity index (χ0n) is 11.1. The minimum Gasteiger partial charge on any atom is -0.477 e. The maximum absolute atomic E-state index is 11.5. The lowest BCUT2D eigenvalue weighted by molar-refractivity contribution is 0.284. The predicted octanol–water partition coefficient (Wildman–Crippen LogP) is 2.45. The molecule has 4 heteroatoms. The van der Waals surface area contributed by atoms with E-state index in [9.17, 15) is 4.79 Å². The zero-order chi connectivity index (χ0) is 13.4. The molecule has 19 heavy (non-hydrogen) atoms. The van der Waals surface area contributed by atoms with E-state index in [-0.39, 0.29) is 5.63 Å². The van der Waals surface area contributed by atoms with Gasteiger partial charge in [-0.15, -0.1) is 0 Å². The average Bonchev–Trinajstić information content (AvgIpc) is 3.18. The minimum absolute atomic E-state index is 0.313. The van der Waals surface area contributed by atoms with Crippen molar-refractivity contribution in [2.24, 2.45) is 10.9 Å². The molecule has 1 saturated carbocycles. The van der Waals surface area contributed by atoms with Crippen molar-refractivity contribution in [3.05, 3.63) is 45.6 Å². The first-order valence-electron chi connectivity index (χ1n) is 6.73. The number of aliphatic imine (C=N–C) groups is 1. The van der Waals surface area contributed by atoms with Crippen LogP contribution < -0.4 is 5.63 Å². The van der Waals surface area contributed by atoms with E-state index < -0.39 is 0 Å². The number of fused-ring (bicyclic) bond motifs is 1. The largest absolute Gasteiger partial charge is 0.477 e. The van der Waals surface area contributed by atoms with Crippen molar-refractivity contribution in [3.8, 4) is 0 Å². The third kappa shape index (κ3) is 2.48. The third-order valence-corrected chi connectivity index (χ3v) is 3.49. The predicted molar refractivity (Wildman–Crippen MR) is 72.4 cm³/mol. The molecule has 100 valence electrons. The smallest absolute Gasteiger partial charge is 0.336 e. The van der Waals surface area contributed by atoms with Crippen LogP contribution in [0.1, 0.15) is 36.7 Å². The summed E-state index contributed by atoms with van der Waals surface area (Å²) in [4.78, 5) is 15.9. The molecule has 1 aromatic heterocycles. The van der Waals surface area contributed by atoms with Crippen LogP contribution >= 0.6 is 0 Å². The molecule has 4 nitrogen and oxygen atoms in total. The van der Waals surface area contributed by atoms with Crippen LogP contribution in [0.25, 0.3) is 0 Å². The number of hydrogen-bond donors (Lipinski definition) is 0. The van der Waals surface area contributed by atoms with Crippen LogP contribution in [-0.4, -0.2) is 12.5 Å². The van der Waals surface area contributed by atoms with E-state index in [4.69, 9.17) is 9.15 Å². The maximum Gasteiger partial charge on any atom is 0.336 e. The molecule has 3 rings (SSSR count). The summed E-state index contributed by atoms with van der Waals surface area (Å²) in [6.07, 6.45) is 3.69. The molecule has 0 aromatic carbocycles. The lowest BCUT2D eigenvalue weighted by Gasteiger charge is -2.19. The van der Waals surface area contributed by atoms with E-state index in [1.165, 1.54) is 18.9 Å². The summed E-state index contributed by atoms with van der Waals surface area (Å²) in [7, 11) is 0. The van der Waals surface area contributed by atoms with E-state index in [0.717, 1.165) is 17.5 Å². The Morgan fingerprint density at radius 2 is 2.32 bits per heavy atom. The molecular formula is C15H17NO3. The molecule has 0 unspecified atom stereocenters. The third-order valence-electron chi connectivity index (χ3n) is 3.49. The fourth-order valence-corrected chi connectivity index (χ4v) is 2.27. The normalized spacial score (nSPS) is 17.9. The van der Waals surface area contributed by atoms with E-state index in [1.807, 2.05) is 6.92 Å². The van der Waals surface area contributed by atoms with Crippen molar-refractivity contribution in [2.75, 3.05) is 6.61 Å². The van der Waals surface area contributed by atoms with Gasteiger partial charge in [0.05, 0.1) is 12.2 Å². The van der Waals surface area contributed by atoms with Crippen LogP contribution in [0.3, 0.4) is 0 Å².